The Bertz CT molecular complexity index is 1130. The van der Waals surface area contributed by atoms with Crippen LogP contribution in [0.1, 0.15) is 32.9 Å². The number of anilines is 1. The average molecular weight is 433 g/mol. The highest BCUT2D eigenvalue weighted by molar-refractivity contribution is 8.03. The van der Waals surface area contributed by atoms with E-state index in [0.29, 0.717) is 30.8 Å². The number of nitrogens with zero attached hydrogens (tertiary/aromatic N) is 4. The molecule has 3 heterocycles. The molecule has 0 spiro atoms. The minimum atomic E-state index is -3.30. The van der Waals surface area contributed by atoms with Gasteiger partial charge in [0.2, 0.25) is 10.0 Å². The highest BCUT2D eigenvalue weighted by Gasteiger charge is 2.30. The summed E-state index contributed by atoms with van der Waals surface area (Å²) in [6.07, 6.45) is 3.88. The van der Waals surface area contributed by atoms with Crippen molar-refractivity contribution in [2.75, 3.05) is 29.4 Å². The molecular weight excluding hydrogens is 408 g/mol. The lowest BCUT2D eigenvalue weighted by atomic mass is 10.1. The normalized spacial score (nSPS) is 18.0. The van der Waals surface area contributed by atoms with Gasteiger partial charge in [0.1, 0.15) is 0 Å². The van der Waals surface area contributed by atoms with E-state index in [0.717, 1.165) is 33.3 Å². The van der Waals surface area contributed by atoms with Crippen LogP contribution >= 0.6 is 11.8 Å². The number of rotatable bonds is 3. The van der Waals surface area contributed by atoms with Crippen LogP contribution in [0.3, 0.4) is 0 Å². The van der Waals surface area contributed by atoms with Crippen molar-refractivity contribution in [2.24, 2.45) is 7.05 Å². The molecule has 2 aromatic rings. The number of aromatic nitrogens is 2. The first-order chi connectivity index (χ1) is 13.7. The lowest BCUT2D eigenvalue weighted by Gasteiger charge is -2.19. The summed E-state index contributed by atoms with van der Waals surface area (Å²) < 4.78 is 27.1. The number of amides is 1. The molecule has 29 heavy (non-hydrogen) atoms. The molecule has 0 atom stereocenters. The maximum atomic E-state index is 13.2. The maximum Gasteiger partial charge on any atom is 0.258 e. The van der Waals surface area contributed by atoms with Crippen molar-refractivity contribution >= 4 is 39.5 Å². The van der Waals surface area contributed by atoms with E-state index in [2.05, 4.69) is 5.10 Å². The number of aryl methyl sites for hydroxylation is 2. The summed E-state index contributed by atoms with van der Waals surface area (Å²) in [5.41, 5.74) is 5.22. The van der Waals surface area contributed by atoms with Gasteiger partial charge in [0, 0.05) is 42.7 Å². The Labute approximate surface area is 175 Å². The molecule has 7 nitrogen and oxygen atoms in total. The van der Waals surface area contributed by atoms with Crippen LogP contribution in [0.5, 0.6) is 0 Å². The third-order valence-electron chi connectivity index (χ3n) is 5.49. The first-order valence-electron chi connectivity index (χ1n) is 9.44. The second-order valence-corrected chi connectivity index (χ2v) is 10.4. The van der Waals surface area contributed by atoms with Gasteiger partial charge in [-0.25, -0.2) is 8.42 Å². The topological polar surface area (TPSA) is 75.5 Å². The van der Waals surface area contributed by atoms with Crippen molar-refractivity contribution in [3.05, 3.63) is 51.3 Å². The number of fused-ring (bicyclic) bond motifs is 1. The Morgan fingerprint density at radius 3 is 2.66 bits per heavy atom. The number of hydrogen-bond donors (Lipinski definition) is 0. The highest BCUT2D eigenvalue weighted by Crippen LogP contribution is 2.35. The molecule has 2 aliphatic rings. The standard InChI is InChI=1S/C20H24N4O3S2/c1-13-17(14(2)22(3)21-13)12-19-23(9-10-28-19)20(25)16-5-6-18-15(11-16)7-8-24(18)29(4,26)27/h5-6,11-12H,7-10H2,1-4H3/b19-12+. The monoisotopic (exact) mass is 432 g/mol. The van der Waals surface area contributed by atoms with Gasteiger partial charge in [-0.15, -0.1) is 11.8 Å². The van der Waals surface area contributed by atoms with Crippen molar-refractivity contribution in [2.45, 2.75) is 20.3 Å². The molecule has 0 bridgehead atoms. The highest BCUT2D eigenvalue weighted by atomic mass is 32.2. The molecule has 1 fully saturated rings. The fourth-order valence-electron chi connectivity index (χ4n) is 3.88. The van der Waals surface area contributed by atoms with Gasteiger partial charge >= 0.3 is 0 Å². The molecule has 2 aliphatic heterocycles. The molecule has 1 aromatic heterocycles. The summed E-state index contributed by atoms with van der Waals surface area (Å²) in [5.74, 6) is 0.795. The zero-order valence-corrected chi connectivity index (χ0v) is 18.6. The van der Waals surface area contributed by atoms with Crippen LogP contribution in [0, 0.1) is 13.8 Å². The first kappa shape index (κ1) is 20.0. The van der Waals surface area contributed by atoms with E-state index in [1.165, 1.54) is 10.6 Å². The fraction of sp³-hybridized carbons (Fsp3) is 0.400. The number of carbonyl (C=O) groups is 1. The molecule has 154 valence electrons. The molecule has 0 unspecified atom stereocenters. The van der Waals surface area contributed by atoms with Gasteiger partial charge in [-0.1, -0.05) is 0 Å². The number of thioether (sulfide) groups is 1. The zero-order valence-electron chi connectivity index (χ0n) is 17.0. The van der Waals surface area contributed by atoms with E-state index >= 15 is 0 Å². The van der Waals surface area contributed by atoms with Crippen molar-refractivity contribution in [1.29, 1.82) is 0 Å². The van der Waals surface area contributed by atoms with Crippen LogP contribution < -0.4 is 4.31 Å². The Hall–Kier alpha value is -2.26. The van der Waals surface area contributed by atoms with E-state index in [1.54, 1.807) is 23.9 Å². The summed E-state index contributed by atoms with van der Waals surface area (Å²) in [6.45, 7) is 5.07. The molecule has 0 radical (unpaired) electrons. The van der Waals surface area contributed by atoms with Gasteiger partial charge in [-0.2, -0.15) is 5.10 Å². The molecular formula is C20H24N4O3S2. The van der Waals surface area contributed by atoms with Crippen LogP contribution in [0.2, 0.25) is 0 Å². The van der Waals surface area contributed by atoms with Crippen molar-refractivity contribution < 1.29 is 13.2 Å². The summed E-state index contributed by atoms with van der Waals surface area (Å²) in [6, 6.07) is 5.31. The Morgan fingerprint density at radius 1 is 1.24 bits per heavy atom. The van der Waals surface area contributed by atoms with E-state index in [9.17, 15) is 13.2 Å². The largest absolute Gasteiger partial charge is 0.302 e. The van der Waals surface area contributed by atoms with Crippen LogP contribution in [0.25, 0.3) is 6.08 Å². The van der Waals surface area contributed by atoms with E-state index < -0.39 is 10.0 Å². The minimum Gasteiger partial charge on any atom is -0.302 e. The van der Waals surface area contributed by atoms with Gasteiger partial charge in [0.15, 0.2) is 0 Å². The molecule has 1 saturated heterocycles. The summed E-state index contributed by atoms with van der Waals surface area (Å²) >= 11 is 1.67. The van der Waals surface area contributed by atoms with E-state index in [4.69, 9.17) is 0 Å². The molecule has 9 heteroatoms. The van der Waals surface area contributed by atoms with Gasteiger partial charge < -0.3 is 4.90 Å². The summed E-state index contributed by atoms with van der Waals surface area (Å²) in [4.78, 5) is 15.0. The third-order valence-corrected chi connectivity index (χ3v) is 7.69. The zero-order chi connectivity index (χ0) is 20.9. The number of sulfonamides is 1. The summed E-state index contributed by atoms with van der Waals surface area (Å²) in [7, 11) is -1.38. The van der Waals surface area contributed by atoms with Crippen molar-refractivity contribution in [3.8, 4) is 0 Å². The Morgan fingerprint density at radius 2 is 2.00 bits per heavy atom. The van der Waals surface area contributed by atoms with Crippen LogP contribution in [-0.4, -0.2) is 54.1 Å². The predicted octanol–water partition coefficient (Wildman–Crippen LogP) is 2.55. The average Bonchev–Trinajstić information content (AvgIpc) is 3.35. The second kappa shape index (κ2) is 7.21. The number of carbonyl (C=O) groups excluding carboxylic acids is 1. The minimum absolute atomic E-state index is 0.0546. The van der Waals surface area contributed by atoms with Crippen molar-refractivity contribution in [3.63, 3.8) is 0 Å². The molecule has 1 amide bonds. The smallest absolute Gasteiger partial charge is 0.258 e. The van der Waals surface area contributed by atoms with Crippen LogP contribution in [-0.2, 0) is 23.5 Å². The van der Waals surface area contributed by atoms with Crippen molar-refractivity contribution in [1.82, 2.24) is 14.7 Å². The summed E-state index contributed by atoms with van der Waals surface area (Å²) in [5, 5.41) is 5.38. The van der Waals surface area contributed by atoms with E-state index in [-0.39, 0.29) is 5.91 Å². The lowest BCUT2D eigenvalue weighted by Crippen LogP contribution is -2.28. The Balaban J connectivity index is 1.64. The number of hydrogen-bond acceptors (Lipinski definition) is 5. The second-order valence-electron chi connectivity index (χ2n) is 7.42. The fourth-order valence-corrected chi connectivity index (χ4v) is 5.85. The maximum absolute atomic E-state index is 13.2. The molecule has 0 saturated carbocycles. The van der Waals surface area contributed by atoms with Gasteiger partial charge in [-0.05, 0) is 50.1 Å². The lowest BCUT2D eigenvalue weighted by molar-refractivity contribution is 0.0831. The number of benzene rings is 1. The van der Waals surface area contributed by atoms with Gasteiger partial charge in [0.25, 0.3) is 5.91 Å². The van der Waals surface area contributed by atoms with Gasteiger partial charge in [-0.3, -0.25) is 13.8 Å². The third kappa shape index (κ3) is 3.57. The van der Waals surface area contributed by atoms with E-state index in [1.807, 2.05) is 42.6 Å². The van der Waals surface area contributed by atoms with Crippen LogP contribution in [0.4, 0.5) is 5.69 Å². The molecule has 1 aromatic carbocycles. The first-order valence-corrected chi connectivity index (χ1v) is 12.3. The predicted molar refractivity (Wildman–Crippen MR) is 116 cm³/mol. The Kier molecular flexibility index (Phi) is 4.98. The quantitative estimate of drug-likeness (QED) is 0.745. The SMILES string of the molecule is Cc1nn(C)c(C)c1/C=C1/SCCN1C(=O)c1ccc2c(c1)CCN2S(C)(=O)=O. The molecule has 0 aliphatic carbocycles. The van der Waals surface area contributed by atoms with Crippen LogP contribution in [0.15, 0.2) is 23.2 Å². The van der Waals surface area contributed by atoms with Gasteiger partial charge in [0.05, 0.1) is 22.7 Å². The molecule has 0 N–H and O–H groups in total. The molecule has 4 rings (SSSR count).